The molecule has 3 aromatic heterocycles. The van der Waals surface area contributed by atoms with Crippen LogP contribution < -0.4 is 5.73 Å². The van der Waals surface area contributed by atoms with Crippen molar-refractivity contribution in [3.63, 3.8) is 0 Å². The molecule has 10 nitrogen and oxygen atoms in total. The fourth-order valence-electron chi connectivity index (χ4n) is 4.44. The van der Waals surface area contributed by atoms with Gasteiger partial charge in [0.2, 0.25) is 5.78 Å². The molecule has 0 amide bonds. The first-order chi connectivity index (χ1) is 20.2. The van der Waals surface area contributed by atoms with Gasteiger partial charge in [0.15, 0.2) is 0 Å². The molecule has 0 fully saturated rings. The summed E-state index contributed by atoms with van der Waals surface area (Å²) in [5, 5.41) is 20.3. The largest absolute Gasteiger partial charge is 0.480 e. The maximum atomic E-state index is 11.0. The number of carbonyl (C=O) groups is 4. The average molecular weight is 567 g/mol. The molecule has 0 aliphatic rings. The Morgan fingerprint density at radius 1 is 0.786 bits per heavy atom. The lowest BCUT2D eigenvalue weighted by Gasteiger charge is -2.04. The zero-order valence-electron chi connectivity index (χ0n) is 22.5. The van der Waals surface area contributed by atoms with Crippen LogP contribution in [0.4, 0.5) is 0 Å². The van der Waals surface area contributed by atoms with Gasteiger partial charge in [-0.1, -0.05) is 54.6 Å². The van der Waals surface area contributed by atoms with Crippen LogP contribution in [0.15, 0.2) is 91.1 Å². The minimum Gasteiger partial charge on any atom is -0.480 e. The Morgan fingerprint density at radius 3 is 1.90 bits per heavy atom. The molecule has 0 spiro atoms. The number of rotatable bonds is 8. The van der Waals surface area contributed by atoms with Gasteiger partial charge < -0.3 is 35.7 Å². The van der Waals surface area contributed by atoms with Gasteiger partial charge in [0.05, 0.1) is 6.42 Å². The molecule has 0 saturated heterocycles. The van der Waals surface area contributed by atoms with Crippen molar-refractivity contribution in [3.05, 3.63) is 108 Å². The normalized spacial score (nSPS) is 11.3. The standard InChI is InChI=1S/C11H12N2O2.C11H9NO3.C10H9NO/c12-9(11(14)15)5-7-6-13-10-4-2-1-3-8(7)10;13-10(11(14)15)6-8-5-7-3-1-2-4-9(7)12-8;12-6-5-9-7-8-3-1-2-4-10(8)11-9/h1-4,6,9,13H,5,12H2,(H,14,15);1-5,12H,6H2,(H,14,15);1-4,6-7,11H,5H2/t9-;;/m0../s1. The lowest BCUT2D eigenvalue weighted by atomic mass is 10.1. The predicted molar refractivity (Wildman–Crippen MR) is 160 cm³/mol. The molecule has 214 valence electrons. The van der Waals surface area contributed by atoms with Crippen molar-refractivity contribution >= 4 is 56.7 Å². The second-order valence-electron chi connectivity index (χ2n) is 9.55. The number of hydrogen-bond donors (Lipinski definition) is 6. The highest BCUT2D eigenvalue weighted by atomic mass is 16.4. The van der Waals surface area contributed by atoms with Gasteiger partial charge in [-0.15, -0.1) is 0 Å². The van der Waals surface area contributed by atoms with Gasteiger partial charge in [-0.3, -0.25) is 9.59 Å². The third-order valence-corrected chi connectivity index (χ3v) is 6.50. The third kappa shape index (κ3) is 7.58. The van der Waals surface area contributed by atoms with Crippen molar-refractivity contribution in [3.8, 4) is 0 Å². The number of H-pyrrole nitrogens is 3. The van der Waals surface area contributed by atoms with Crippen LogP contribution in [-0.2, 0) is 38.4 Å². The average Bonchev–Trinajstić information content (AvgIpc) is 3.70. The van der Waals surface area contributed by atoms with E-state index >= 15 is 0 Å². The molecular formula is C32H30N4O6. The van der Waals surface area contributed by atoms with E-state index in [4.69, 9.17) is 15.9 Å². The SMILES string of the molecule is N[C@@H](Cc1c[nH]c2ccccc12)C(=O)O.O=C(O)C(=O)Cc1cc2ccccc2[nH]1.O=CCc1cc2ccccc2[nH]1. The van der Waals surface area contributed by atoms with Crippen molar-refractivity contribution in [1.29, 1.82) is 0 Å². The van der Waals surface area contributed by atoms with Crippen LogP contribution >= 0.6 is 0 Å². The van der Waals surface area contributed by atoms with Crippen LogP contribution in [0.5, 0.6) is 0 Å². The Labute approximate surface area is 240 Å². The predicted octanol–water partition coefficient (Wildman–Crippen LogP) is 4.40. The molecule has 1 atom stereocenters. The zero-order valence-corrected chi connectivity index (χ0v) is 22.5. The number of ketones is 1. The van der Waals surface area contributed by atoms with E-state index in [1.54, 1.807) is 6.07 Å². The van der Waals surface area contributed by atoms with Gasteiger partial charge in [0.1, 0.15) is 12.3 Å². The van der Waals surface area contributed by atoms with E-state index in [1.165, 1.54) is 0 Å². The molecule has 0 aliphatic heterocycles. The topological polar surface area (TPSA) is 182 Å². The number of Topliss-reactive ketones (excluding diaryl/α,β-unsaturated/α-hetero) is 1. The van der Waals surface area contributed by atoms with Crippen molar-refractivity contribution in [2.24, 2.45) is 5.73 Å². The number of carboxylic acid groups (broad SMARTS) is 2. The molecule has 3 aromatic carbocycles. The zero-order chi connectivity index (χ0) is 30.1. The summed E-state index contributed by atoms with van der Waals surface area (Å²) in [6, 6.07) is 26.2. The lowest BCUT2D eigenvalue weighted by molar-refractivity contribution is -0.148. The van der Waals surface area contributed by atoms with Crippen LogP contribution in [0.25, 0.3) is 32.7 Å². The number of aromatic nitrogens is 3. The van der Waals surface area contributed by atoms with Crippen LogP contribution in [0.1, 0.15) is 17.0 Å². The van der Waals surface area contributed by atoms with Gasteiger partial charge in [-0.05, 0) is 46.7 Å². The molecule has 7 N–H and O–H groups in total. The molecule has 0 aliphatic carbocycles. The van der Waals surface area contributed by atoms with Crippen molar-refractivity contribution in [1.82, 2.24) is 15.0 Å². The maximum Gasteiger partial charge on any atom is 0.372 e. The van der Waals surface area contributed by atoms with Gasteiger partial charge in [-0.2, -0.15) is 0 Å². The molecule has 0 bridgehead atoms. The fourth-order valence-corrected chi connectivity index (χ4v) is 4.44. The van der Waals surface area contributed by atoms with E-state index < -0.39 is 23.8 Å². The summed E-state index contributed by atoms with van der Waals surface area (Å²) in [6.45, 7) is 0. The van der Waals surface area contributed by atoms with E-state index in [2.05, 4.69) is 15.0 Å². The van der Waals surface area contributed by atoms with Crippen LogP contribution in [0.2, 0.25) is 0 Å². The van der Waals surface area contributed by atoms with Crippen LogP contribution in [0.3, 0.4) is 0 Å². The number of fused-ring (bicyclic) bond motifs is 3. The molecule has 0 saturated carbocycles. The van der Waals surface area contributed by atoms with Gasteiger partial charge >= 0.3 is 11.9 Å². The van der Waals surface area contributed by atoms with E-state index in [1.807, 2.05) is 85.1 Å². The highest BCUT2D eigenvalue weighted by Gasteiger charge is 2.15. The Balaban J connectivity index is 0.000000146. The van der Waals surface area contributed by atoms with Gasteiger partial charge in [-0.25, -0.2) is 4.79 Å². The number of aromatic amines is 3. The van der Waals surface area contributed by atoms with Crippen molar-refractivity contribution in [2.75, 3.05) is 0 Å². The second-order valence-corrected chi connectivity index (χ2v) is 9.55. The molecule has 0 unspecified atom stereocenters. The monoisotopic (exact) mass is 566 g/mol. The minimum absolute atomic E-state index is 0.0932. The van der Waals surface area contributed by atoms with E-state index in [9.17, 15) is 19.2 Å². The summed E-state index contributed by atoms with van der Waals surface area (Å²) in [5.74, 6) is -3.17. The number of nitrogens with one attached hydrogen (secondary N) is 3. The minimum atomic E-state index is -1.39. The smallest absolute Gasteiger partial charge is 0.372 e. The number of carboxylic acids is 2. The summed E-state index contributed by atoms with van der Waals surface area (Å²) >= 11 is 0. The van der Waals surface area contributed by atoms with E-state index in [0.29, 0.717) is 18.5 Å². The van der Waals surface area contributed by atoms with E-state index in [0.717, 1.165) is 50.3 Å². The molecule has 42 heavy (non-hydrogen) atoms. The Morgan fingerprint density at radius 2 is 1.33 bits per heavy atom. The number of aldehydes is 1. The Bertz CT molecular complexity index is 1780. The molecule has 3 heterocycles. The first kappa shape index (κ1) is 29.5. The molecule has 10 heteroatoms. The maximum absolute atomic E-state index is 11.0. The number of carbonyl (C=O) groups excluding carboxylic acids is 2. The molecule has 6 aromatic rings. The van der Waals surface area contributed by atoms with Gasteiger partial charge in [0, 0.05) is 52.4 Å². The highest BCUT2D eigenvalue weighted by Crippen LogP contribution is 2.19. The number of aliphatic carboxylic acids is 2. The Kier molecular flexibility index (Phi) is 9.65. The Hall–Kier alpha value is -5.48. The molecule has 6 rings (SSSR count). The summed E-state index contributed by atoms with van der Waals surface area (Å²) in [5.41, 5.74) is 11.0. The summed E-state index contributed by atoms with van der Waals surface area (Å²) < 4.78 is 0. The van der Waals surface area contributed by atoms with Gasteiger partial charge in [0.25, 0.3) is 0 Å². The van der Waals surface area contributed by atoms with Crippen LogP contribution in [0, 0.1) is 0 Å². The number of para-hydroxylation sites is 3. The third-order valence-electron chi connectivity index (χ3n) is 6.50. The fraction of sp³-hybridized carbons (Fsp3) is 0.125. The molecular weight excluding hydrogens is 536 g/mol. The quantitative estimate of drug-likeness (QED) is 0.117. The summed E-state index contributed by atoms with van der Waals surface area (Å²) in [4.78, 5) is 51.4. The first-order valence-electron chi connectivity index (χ1n) is 13.1. The summed E-state index contributed by atoms with van der Waals surface area (Å²) in [7, 11) is 0. The number of nitrogens with two attached hydrogens (primary N) is 1. The molecule has 0 radical (unpaired) electrons. The number of hydrogen-bond acceptors (Lipinski definition) is 5. The highest BCUT2D eigenvalue weighted by molar-refractivity contribution is 6.33. The van der Waals surface area contributed by atoms with Crippen LogP contribution in [-0.4, -0.2) is 55.2 Å². The van der Waals surface area contributed by atoms with Crippen molar-refractivity contribution < 1.29 is 29.4 Å². The van der Waals surface area contributed by atoms with E-state index in [-0.39, 0.29) is 6.42 Å². The number of benzene rings is 3. The van der Waals surface area contributed by atoms with Crippen molar-refractivity contribution in [2.45, 2.75) is 25.3 Å². The lowest BCUT2D eigenvalue weighted by Crippen LogP contribution is -2.32. The second kappa shape index (κ2) is 13.7. The first-order valence-corrected chi connectivity index (χ1v) is 13.1. The summed E-state index contributed by atoms with van der Waals surface area (Å²) in [6.07, 6.45) is 3.44.